The first-order valence-corrected chi connectivity index (χ1v) is 11.9. The van der Waals surface area contributed by atoms with Crippen molar-refractivity contribution in [2.24, 2.45) is 10.9 Å². The number of aliphatic imine (C=N–C) groups is 1. The molecule has 0 amide bonds. The van der Waals surface area contributed by atoms with Crippen molar-refractivity contribution in [1.82, 2.24) is 14.5 Å². The molecule has 0 aliphatic carbocycles. The maximum atomic E-state index is 12.8. The zero-order valence-corrected chi connectivity index (χ0v) is 21.6. The van der Waals surface area contributed by atoms with E-state index in [1.54, 1.807) is 35.6 Å². The maximum absolute atomic E-state index is 12.8. The van der Waals surface area contributed by atoms with E-state index in [4.69, 9.17) is 0 Å². The molecule has 1 N–H and O–H groups in total. The van der Waals surface area contributed by atoms with Crippen molar-refractivity contribution < 1.29 is 8.42 Å². The van der Waals surface area contributed by atoms with E-state index in [2.05, 4.69) is 46.4 Å². The van der Waals surface area contributed by atoms with Crippen LogP contribution >= 0.6 is 24.0 Å². The van der Waals surface area contributed by atoms with Gasteiger partial charge in [-0.2, -0.15) is 4.31 Å². The van der Waals surface area contributed by atoms with Crippen molar-refractivity contribution >= 4 is 40.0 Å². The second-order valence-corrected chi connectivity index (χ2v) is 9.81. The van der Waals surface area contributed by atoms with Gasteiger partial charge in [0.05, 0.1) is 4.90 Å². The Morgan fingerprint density at radius 1 is 1.10 bits per heavy atom. The predicted molar refractivity (Wildman–Crippen MR) is 137 cm³/mol. The number of hydrogen-bond donors (Lipinski definition) is 1. The summed E-state index contributed by atoms with van der Waals surface area (Å²) in [6, 6.07) is 17.1. The fourth-order valence-corrected chi connectivity index (χ4v) is 5.32. The zero-order valence-electron chi connectivity index (χ0n) is 18.5. The van der Waals surface area contributed by atoms with Crippen LogP contribution in [0.25, 0.3) is 0 Å². The topological polar surface area (TPSA) is 65.0 Å². The molecule has 0 radical (unpaired) electrons. The van der Waals surface area contributed by atoms with Crippen LogP contribution in [0.15, 0.2) is 64.5 Å². The summed E-state index contributed by atoms with van der Waals surface area (Å²) in [5.74, 6) is 1.29. The van der Waals surface area contributed by atoms with Gasteiger partial charge in [0.25, 0.3) is 0 Å². The van der Waals surface area contributed by atoms with Crippen molar-refractivity contribution in [3.8, 4) is 0 Å². The Kier molecular flexibility index (Phi) is 9.77. The highest BCUT2D eigenvalue weighted by Crippen LogP contribution is 2.23. The van der Waals surface area contributed by atoms with Gasteiger partial charge in [-0.25, -0.2) is 8.42 Å². The lowest BCUT2D eigenvalue weighted by Gasteiger charge is -2.32. The summed E-state index contributed by atoms with van der Waals surface area (Å²) >= 11 is 0. The van der Waals surface area contributed by atoms with E-state index in [1.807, 2.05) is 13.1 Å². The molecule has 1 heterocycles. The number of aryl methyl sites for hydroxylation is 1. The Balaban J connectivity index is 0.00000341. The first-order chi connectivity index (χ1) is 14.4. The van der Waals surface area contributed by atoms with E-state index < -0.39 is 10.0 Å². The van der Waals surface area contributed by atoms with Gasteiger partial charge in [-0.3, -0.25) is 4.99 Å². The molecule has 1 fully saturated rings. The molecular weight excluding hydrogens is 523 g/mol. The van der Waals surface area contributed by atoms with Crippen molar-refractivity contribution in [1.29, 1.82) is 0 Å². The number of halogens is 1. The monoisotopic (exact) mass is 556 g/mol. The van der Waals surface area contributed by atoms with E-state index in [-0.39, 0.29) is 24.0 Å². The van der Waals surface area contributed by atoms with E-state index >= 15 is 0 Å². The van der Waals surface area contributed by atoms with Crippen LogP contribution in [0.2, 0.25) is 0 Å². The Hall–Kier alpha value is -1.65. The summed E-state index contributed by atoms with van der Waals surface area (Å²) in [5, 5.41) is 3.47. The van der Waals surface area contributed by atoms with Crippen molar-refractivity contribution in [3.63, 3.8) is 0 Å². The normalized spacial score (nSPS) is 15.9. The fraction of sp³-hybridized carbons (Fsp3) is 0.435. The molecule has 8 heteroatoms. The van der Waals surface area contributed by atoms with Crippen LogP contribution in [0, 0.1) is 12.8 Å². The SMILES string of the molecule is CN=C(NCC1CCN(S(=O)(=O)c2ccccc2)CC1)N(C)Cc1ccccc1C.I. The van der Waals surface area contributed by atoms with Gasteiger partial charge >= 0.3 is 0 Å². The average molecular weight is 557 g/mol. The first-order valence-electron chi connectivity index (χ1n) is 10.4. The molecule has 0 unspecified atom stereocenters. The van der Waals surface area contributed by atoms with E-state index in [9.17, 15) is 8.42 Å². The average Bonchev–Trinajstić information content (AvgIpc) is 2.77. The van der Waals surface area contributed by atoms with Crippen molar-refractivity contribution in [2.75, 3.05) is 33.7 Å². The molecule has 2 aromatic rings. The number of guanidine groups is 1. The van der Waals surface area contributed by atoms with Crippen LogP contribution < -0.4 is 5.32 Å². The van der Waals surface area contributed by atoms with Gasteiger partial charge in [-0.1, -0.05) is 42.5 Å². The number of piperidine rings is 1. The molecule has 0 saturated carbocycles. The van der Waals surface area contributed by atoms with Crippen LogP contribution in [-0.2, 0) is 16.6 Å². The minimum absolute atomic E-state index is 0. The lowest BCUT2D eigenvalue weighted by atomic mass is 9.98. The molecule has 0 aromatic heterocycles. The number of benzene rings is 2. The van der Waals surface area contributed by atoms with Crippen LogP contribution in [-0.4, -0.2) is 57.3 Å². The standard InChI is InChI=1S/C23H32N4O2S.HI/c1-19-9-7-8-10-21(19)18-26(3)23(24-2)25-17-20-13-15-27(16-14-20)30(28,29)22-11-5-4-6-12-22;/h4-12,20H,13-18H2,1-3H3,(H,24,25);1H. The molecule has 1 aliphatic rings. The number of nitrogens with one attached hydrogen (secondary N) is 1. The first kappa shape index (κ1) is 25.6. The van der Waals surface area contributed by atoms with Gasteiger partial charge in [0.1, 0.15) is 0 Å². The van der Waals surface area contributed by atoms with Crippen LogP contribution in [0.3, 0.4) is 0 Å². The van der Waals surface area contributed by atoms with Gasteiger partial charge in [-0.05, 0) is 48.9 Å². The number of sulfonamides is 1. The number of nitrogens with zero attached hydrogens (tertiary/aromatic N) is 3. The molecule has 1 saturated heterocycles. The molecule has 0 spiro atoms. The van der Waals surface area contributed by atoms with Gasteiger partial charge in [0, 0.05) is 40.3 Å². The summed E-state index contributed by atoms with van der Waals surface area (Å²) in [4.78, 5) is 6.91. The third-order valence-electron chi connectivity index (χ3n) is 5.75. The van der Waals surface area contributed by atoms with Gasteiger partial charge in [0.15, 0.2) is 5.96 Å². The molecule has 6 nitrogen and oxygen atoms in total. The maximum Gasteiger partial charge on any atom is 0.243 e. The Labute approximate surface area is 203 Å². The Bertz CT molecular complexity index is 959. The lowest BCUT2D eigenvalue weighted by molar-refractivity contribution is 0.272. The second kappa shape index (κ2) is 11.8. The molecule has 3 rings (SSSR count). The number of hydrogen-bond acceptors (Lipinski definition) is 3. The highest BCUT2D eigenvalue weighted by molar-refractivity contribution is 14.0. The number of rotatable bonds is 6. The smallest absolute Gasteiger partial charge is 0.243 e. The van der Waals surface area contributed by atoms with E-state index in [1.165, 1.54) is 11.1 Å². The Morgan fingerprint density at radius 3 is 2.32 bits per heavy atom. The summed E-state index contributed by atoms with van der Waals surface area (Å²) in [5.41, 5.74) is 2.55. The van der Waals surface area contributed by atoms with Crippen molar-refractivity contribution in [3.05, 3.63) is 65.7 Å². The van der Waals surface area contributed by atoms with Crippen LogP contribution in [0.1, 0.15) is 24.0 Å². The molecule has 0 atom stereocenters. The summed E-state index contributed by atoms with van der Waals surface area (Å²) in [6.07, 6.45) is 1.69. The van der Waals surface area contributed by atoms with Gasteiger partial charge < -0.3 is 10.2 Å². The van der Waals surface area contributed by atoms with Crippen LogP contribution in [0.5, 0.6) is 0 Å². The molecular formula is C23H33IN4O2S. The van der Waals surface area contributed by atoms with Gasteiger partial charge in [-0.15, -0.1) is 24.0 Å². The molecule has 1 aliphatic heterocycles. The summed E-state index contributed by atoms with van der Waals surface area (Å²) in [7, 11) is 0.443. The highest BCUT2D eigenvalue weighted by atomic mass is 127. The third-order valence-corrected chi connectivity index (χ3v) is 7.66. The fourth-order valence-electron chi connectivity index (χ4n) is 3.83. The van der Waals surface area contributed by atoms with Gasteiger partial charge in [0.2, 0.25) is 10.0 Å². The largest absolute Gasteiger partial charge is 0.356 e. The summed E-state index contributed by atoms with van der Waals surface area (Å²) < 4.78 is 27.2. The molecule has 2 aromatic carbocycles. The zero-order chi connectivity index (χ0) is 21.6. The minimum Gasteiger partial charge on any atom is -0.356 e. The third kappa shape index (κ3) is 6.66. The minimum atomic E-state index is -3.39. The van der Waals surface area contributed by atoms with Crippen molar-refractivity contribution in [2.45, 2.75) is 31.2 Å². The van der Waals surface area contributed by atoms with E-state index in [0.29, 0.717) is 23.9 Å². The molecule has 170 valence electrons. The van der Waals surface area contributed by atoms with Crippen LogP contribution in [0.4, 0.5) is 0 Å². The molecule has 0 bridgehead atoms. The Morgan fingerprint density at radius 2 is 1.71 bits per heavy atom. The summed E-state index contributed by atoms with van der Waals surface area (Å²) in [6.45, 7) is 4.82. The lowest BCUT2D eigenvalue weighted by Crippen LogP contribution is -2.44. The quantitative estimate of drug-likeness (QED) is 0.335. The highest BCUT2D eigenvalue weighted by Gasteiger charge is 2.29. The van der Waals surface area contributed by atoms with E-state index in [0.717, 1.165) is 31.9 Å². The molecule has 31 heavy (non-hydrogen) atoms. The second-order valence-electron chi connectivity index (χ2n) is 7.87. The predicted octanol–water partition coefficient (Wildman–Crippen LogP) is 3.72.